The largest absolute Gasteiger partial charge is 0.443 e. The molecule has 3 aliphatic rings. The zero-order valence-corrected chi connectivity index (χ0v) is 22.1. The van der Waals surface area contributed by atoms with Gasteiger partial charge in [-0.1, -0.05) is 23.7 Å². The molecule has 198 valence electrons. The van der Waals surface area contributed by atoms with E-state index in [2.05, 4.69) is 15.6 Å². The number of alkyl carbamates (subject to hydrolysis) is 1. The maximum absolute atomic E-state index is 13.7. The lowest BCUT2D eigenvalue weighted by Gasteiger charge is -2.37. The molecule has 1 aromatic heterocycles. The summed E-state index contributed by atoms with van der Waals surface area (Å²) in [6.45, 7) is 4.12. The topological polar surface area (TPSA) is 140 Å². The molecule has 2 fully saturated rings. The number of amides is 3. The first-order chi connectivity index (χ1) is 17.4. The molecular weight excluding hydrogens is 522 g/mol. The van der Waals surface area contributed by atoms with Crippen LogP contribution < -0.4 is 10.6 Å². The van der Waals surface area contributed by atoms with Gasteiger partial charge in [-0.25, -0.2) is 18.2 Å². The number of nitrogens with one attached hydrogen (secondary N) is 2. The van der Waals surface area contributed by atoms with Gasteiger partial charge in [-0.15, -0.1) is 0 Å². The molecule has 1 saturated heterocycles. The molecule has 1 aromatic carbocycles. The summed E-state index contributed by atoms with van der Waals surface area (Å²) in [5.74, 6) is -0.656. The molecule has 0 spiro atoms. The molecular formula is C24H28ClN5O6S. The van der Waals surface area contributed by atoms with Crippen LogP contribution in [0.15, 0.2) is 30.5 Å². The number of halogens is 1. The number of cyclic esters (lactones) is 1. The van der Waals surface area contributed by atoms with Gasteiger partial charge in [-0.05, 0) is 44.4 Å². The summed E-state index contributed by atoms with van der Waals surface area (Å²) < 4.78 is 31.8. The number of ether oxygens (including phenoxy) is 1. The van der Waals surface area contributed by atoms with Crippen molar-refractivity contribution in [2.45, 2.75) is 55.4 Å². The van der Waals surface area contributed by atoms with Gasteiger partial charge >= 0.3 is 6.09 Å². The van der Waals surface area contributed by atoms with Gasteiger partial charge in [0.15, 0.2) is 15.7 Å². The molecule has 2 aromatic rings. The van der Waals surface area contributed by atoms with Crippen molar-refractivity contribution in [1.29, 1.82) is 0 Å². The molecule has 3 amide bonds. The monoisotopic (exact) mass is 549 g/mol. The van der Waals surface area contributed by atoms with Crippen LogP contribution in [0.25, 0.3) is 0 Å². The molecule has 37 heavy (non-hydrogen) atoms. The van der Waals surface area contributed by atoms with Gasteiger partial charge < -0.3 is 24.8 Å². The number of sulfone groups is 1. The summed E-state index contributed by atoms with van der Waals surface area (Å²) in [6.07, 6.45) is 0.760. The van der Waals surface area contributed by atoms with Crippen LogP contribution >= 0.6 is 11.6 Å². The standard InChI is InChI=1S/C24H28ClN5O6S/c1-23(2,18-13-28-22(33)36-18)37(34,35)24(7-8-24)14-29-9-10-30-17(21(29)32)12-26-19(30)20(31)27-11-15-3-5-16(25)6-4-15/h3-6,12,18H,7-11,13-14H2,1-2H3,(H,27,31)(H,28,33). The predicted octanol–water partition coefficient (Wildman–Crippen LogP) is 1.76. The minimum Gasteiger partial charge on any atom is -0.443 e. The van der Waals surface area contributed by atoms with E-state index in [1.54, 1.807) is 42.7 Å². The molecule has 3 heterocycles. The normalized spacial score (nSPS) is 20.7. The summed E-state index contributed by atoms with van der Waals surface area (Å²) in [5.41, 5.74) is 1.11. The minimum atomic E-state index is -3.78. The van der Waals surface area contributed by atoms with Gasteiger partial charge in [0, 0.05) is 31.2 Å². The van der Waals surface area contributed by atoms with E-state index in [1.165, 1.54) is 11.1 Å². The first-order valence-corrected chi connectivity index (χ1v) is 13.9. The van der Waals surface area contributed by atoms with Crippen LogP contribution in [0.2, 0.25) is 5.02 Å². The number of carbonyl (C=O) groups excluding carboxylic acids is 3. The number of hydrogen-bond acceptors (Lipinski definition) is 7. The summed E-state index contributed by atoms with van der Waals surface area (Å²) >= 11 is 5.90. The number of imidazole rings is 1. The van der Waals surface area contributed by atoms with Crippen molar-refractivity contribution in [1.82, 2.24) is 25.1 Å². The fraction of sp³-hybridized carbons (Fsp3) is 0.500. The number of fused-ring (bicyclic) bond motifs is 1. The maximum atomic E-state index is 13.7. The van der Waals surface area contributed by atoms with Crippen molar-refractivity contribution in [2.24, 2.45) is 0 Å². The molecule has 1 unspecified atom stereocenters. The van der Waals surface area contributed by atoms with E-state index >= 15 is 0 Å². The van der Waals surface area contributed by atoms with Crippen LogP contribution in [0, 0.1) is 0 Å². The fourth-order valence-corrected chi connectivity index (χ4v) is 7.64. The molecule has 0 radical (unpaired) electrons. The molecule has 2 N–H and O–H groups in total. The Morgan fingerprint density at radius 1 is 1.24 bits per heavy atom. The molecule has 1 atom stereocenters. The van der Waals surface area contributed by atoms with Crippen molar-refractivity contribution < 1.29 is 27.5 Å². The SMILES string of the molecule is CC(C)(C1CNC(=O)O1)S(=O)(=O)C1(CN2CCn3c(cnc3C(=O)NCc3ccc(Cl)cc3)C2=O)CC1. The summed E-state index contributed by atoms with van der Waals surface area (Å²) in [6, 6.07) is 7.08. The number of nitrogens with zero attached hydrogens (tertiary/aromatic N) is 3. The van der Waals surface area contributed by atoms with Gasteiger partial charge in [0.25, 0.3) is 11.8 Å². The Labute approximate surface area is 219 Å². The lowest BCUT2D eigenvalue weighted by atomic mass is 10.1. The zero-order valence-electron chi connectivity index (χ0n) is 20.5. The van der Waals surface area contributed by atoms with Gasteiger partial charge in [-0.2, -0.15) is 0 Å². The lowest BCUT2D eigenvalue weighted by molar-refractivity contribution is 0.0697. The van der Waals surface area contributed by atoms with Crippen LogP contribution in [-0.2, 0) is 27.7 Å². The summed E-state index contributed by atoms with van der Waals surface area (Å²) in [7, 11) is -3.78. The van der Waals surface area contributed by atoms with E-state index < -0.39 is 37.4 Å². The fourth-order valence-electron chi connectivity index (χ4n) is 4.96. The zero-order chi connectivity index (χ0) is 26.6. The lowest BCUT2D eigenvalue weighted by Crippen LogP contribution is -2.55. The smallest absolute Gasteiger partial charge is 0.407 e. The number of aromatic nitrogens is 2. The Balaban J connectivity index is 1.28. The third-order valence-electron chi connectivity index (χ3n) is 7.53. The van der Waals surface area contributed by atoms with E-state index in [1.807, 2.05) is 0 Å². The van der Waals surface area contributed by atoms with Crippen LogP contribution in [-0.4, -0.2) is 76.0 Å². The second kappa shape index (κ2) is 9.02. The Kier molecular flexibility index (Phi) is 6.22. The number of carbonyl (C=O) groups is 3. The van der Waals surface area contributed by atoms with E-state index in [0.717, 1.165) is 5.56 Å². The Hall–Kier alpha value is -3.12. The predicted molar refractivity (Wildman–Crippen MR) is 134 cm³/mol. The molecule has 1 aliphatic carbocycles. The van der Waals surface area contributed by atoms with Crippen molar-refractivity contribution in [3.63, 3.8) is 0 Å². The second-order valence-corrected chi connectivity index (χ2v) is 13.6. The third kappa shape index (κ3) is 4.35. The molecule has 1 saturated carbocycles. The van der Waals surface area contributed by atoms with E-state index in [-0.39, 0.29) is 43.6 Å². The first kappa shape index (κ1) is 25.5. The van der Waals surface area contributed by atoms with Gasteiger partial charge in [0.05, 0.1) is 17.5 Å². The Morgan fingerprint density at radius 2 is 1.95 bits per heavy atom. The maximum Gasteiger partial charge on any atom is 0.407 e. The van der Waals surface area contributed by atoms with Crippen LogP contribution in [0.4, 0.5) is 4.79 Å². The van der Waals surface area contributed by atoms with E-state index in [0.29, 0.717) is 24.4 Å². The summed E-state index contributed by atoms with van der Waals surface area (Å²) in [5, 5.41) is 5.91. The van der Waals surface area contributed by atoms with E-state index in [9.17, 15) is 22.8 Å². The molecule has 13 heteroatoms. The highest BCUT2D eigenvalue weighted by atomic mass is 35.5. The Morgan fingerprint density at radius 3 is 2.57 bits per heavy atom. The molecule has 0 bridgehead atoms. The first-order valence-electron chi connectivity index (χ1n) is 12.0. The number of hydrogen-bond donors (Lipinski definition) is 2. The molecule has 11 nitrogen and oxygen atoms in total. The number of rotatable bonds is 8. The van der Waals surface area contributed by atoms with Gasteiger partial charge in [0.2, 0.25) is 0 Å². The summed E-state index contributed by atoms with van der Waals surface area (Å²) in [4.78, 5) is 43.3. The Bertz CT molecular complexity index is 1370. The van der Waals surface area contributed by atoms with Crippen LogP contribution in [0.3, 0.4) is 0 Å². The average molecular weight is 550 g/mol. The van der Waals surface area contributed by atoms with Crippen molar-refractivity contribution in [3.8, 4) is 0 Å². The van der Waals surface area contributed by atoms with Crippen LogP contribution in [0.1, 0.15) is 53.4 Å². The van der Waals surface area contributed by atoms with Gasteiger partial charge in [0.1, 0.15) is 16.5 Å². The van der Waals surface area contributed by atoms with E-state index in [4.69, 9.17) is 16.3 Å². The third-order valence-corrected chi connectivity index (χ3v) is 11.1. The highest BCUT2D eigenvalue weighted by Gasteiger charge is 2.63. The average Bonchev–Trinajstić information content (AvgIpc) is 3.30. The highest BCUT2D eigenvalue weighted by molar-refractivity contribution is 7.94. The van der Waals surface area contributed by atoms with Crippen molar-refractivity contribution in [2.75, 3.05) is 19.6 Å². The molecule has 2 aliphatic heterocycles. The second-order valence-electron chi connectivity index (χ2n) is 10.2. The molecule has 5 rings (SSSR count). The van der Waals surface area contributed by atoms with Crippen molar-refractivity contribution >= 4 is 39.3 Å². The van der Waals surface area contributed by atoms with Gasteiger partial charge in [-0.3, -0.25) is 9.59 Å². The number of benzene rings is 1. The highest BCUT2D eigenvalue weighted by Crippen LogP contribution is 2.50. The van der Waals surface area contributed by atoms with Crippen molar-refractivity contribution in [3.05, 3.63) is 52.6 Å². The minimum absolute atomic E-state index is 0.0367. The van der Waals surface area contributed by atoms with Crippen LogP contribution in [0.5, 0.6) is 0 Å². The quantitative estimate of drug-likeness (QED) is 0.511.